The van der Waals surface area contributed by atoms with E-state index >= 15 is 0 Å². The molecule has 0 spiro atoms. The molecule has 2 unspecified atom stereocenters. The summed E-state index contributed by atoms with van der Waals surface area (Å²) in [5.74, 6) is 0.764. The van der Waals surface area contributed by atoms with Crippen LogP contribution in [0, 0.1) is 0 Å². The number of aliphatic hydroxyl groups excluding tert-OH is 1. The van der Waals surface area contributed by atoms with Gasteiger partial charge in [-0.15, -0.1) is 0 Å². The summed E-state index contributed by atoms with van der Waals surface area (Å²) in [6, 6.07) is 18.0. The van der Waals surface area contributed by atoms with Crippen LogP contribution in [0.5, 0.6) is 0 Å². The molecule has 0 bridgehead atoms. The lowest BCUT2D eigenvalue weighted by molar-refractivity contribution is 0.149. The summed E-state index contributed by atoms with van der Waals surface area (Å²) in [5.41, 5.74) is 2.30. The first-order valence-corrected chi connectivity index (χ1v) is 7.98. The van der Waals surface area contributed by atoms with Crippen LogP contribution in [-0.4, -0.2) is 14.7 Å². The van der Waals surface area contributed by atoms with Crippen molar-refractivity contribution < 1.29 is 5.11 Å². The second-order valence-electron chi connectivity index (χ2n) is 5.66. The molecule has 3 nitrogen and oxygen atoms in total. The van der Waals surface area contributed by atoms with E-state index in [1.165, 1.54) is 5.56 Å². The Morgan fingerprint density at radius 1 is 1.04 bits per heavy atom. The van der Waals surface area contributed by atoms with Gasteiger partial charge in [-0.1, -0.05) is 54.1 Å². The smallest absolute Gasteiger partial charge is 0.137 e. The molecule has 1 N–H and O–H groups in total. The van der Waals surface area contributed by atoms with E-state index in [0.717, 1.165) is 5.56 Å². The van der Waals surface area contributed by atoms with Crippen LogP contribution in [-0.2, 0) is 7.05 Å². The van der Waals surface area contributed by atoms with Gasteiger partial charge in [0.1, 0.15) is 11.9 Å². The van der Waals surface area contributed by atoms with E-state index in [0.29, 0.717) is 17.3 Å². The maximum Gasteiger partial charge on any atom is 0.137 e. The van der Waals surface area contributed by atoms with Gasteiger partial charge in [0.2, 0.25) is 0 Å². The van der Waals surface area contributed by atoms with E-state index in [2.05, 4.69) is 17.1 Å². The van der Waals surface area contributed by atoms with Crippen LogP contribution in [0.1, 0.15) is 35.4 Å². The Morgan fingerprint density at radius 2 is 1.70 bits per heavy atom. The molecule has 1 aromatic heterocycles. The summed E-state index contributed by atoms with van der Waals surface area (Å²) in [7, 11) is 1.89. The van der Waals surface area contributed by atoms with Gasteiger partial charge in [0.15, 0.2) is 0 Å². The molecule has 23 heavy (non-hydrogen) atoms. The molecular formula is C19H19ClN2O. The fourth-order valence-corrected chi connectivity index (χ4v) is 3.00. The molecule has 4 heteroatoms. The van der Waals surface area contributed by atoms with Crippen molar-refractivity contribution in [2.24, 2.45) is 7.05 Å². The molecule has 118 valence electrons. The Balaban J connectivity index is 1.92. The van der Waals surface area contributed by atoms with Crippen LogP contribution in [0.15, 0.2) is 67.0 Å². The van der Waals surface area contributed by atoms with E-state index in [9.17, 15) is 5.11 Å². The van der Waals surface area contributed by atoms with Crippen LogP contribution in [0.2, 0.25) is 5.02 Å². The molecule has 0 saturated heterocycles. The molecule has 0 radical (unpaired) electrons. The molecule has 0 aliphatic carbocycles. The van der Waals surface area contributed by atoms with E-state index in [4.69, 9.17) is 11.6 Å². The number of aryl methyl sites for hydroxylation is 1. The van der Waals surface area contributed by atoms with Crippen molar-refractivity contribution >= 4 is 11.6 Å². The molecule has 0 saturated carbocycles. The monoisotopic (exact) mass is 326 g/mol. The maximum absolute atomic E-state index is 10.6. The fourth-order valence-electron chi connectivity index (χ4n) is 2.87. The summed E-state index contributed by atoms with van der Waals surface area (Å²) in [4.78, 5) is 4.26. The van der Waals surface area contributed by atoms with Gasteiger partial charge in [-0.2, -0.15) is 0 Å². The summed E-state index contributed by atoms with van der Waals surface area (Å²) >= 11 is 6.01. The van der Waals surface area contributed by atoms with Crippen molar-refractivity contribution in [3.05, 3.63) is 89.0 Å². The molecule has 2 aromatic carbocycles. The highest BCUT2D eigenvalue weighted by Gasteiger charge is 2.21. The third-order valence-electron chi connectivity index (χ3n) is 4.09. The number of rotatable bonds is 5. The molecule has 3 aromatic rings. The molecule has 2 atom stereocenters. The predicted molar refractivity (Wildman–Crippen MR) is 92.5 cm³/mol. The number of halogens is 1. The standard InChI is InChI=1S/C19H19ClN2O/c1-22-12-11-21-19(22)18(23)13-17(14-5-3-2-4-6-14)15-7-9-16(20)10-8-15/h2-12,17-18,23H,13H2,1H3. The highest BCUT2D eigenvalue weighted by Crippen LogP contribution is 2.33. The highest BCUT2D eigenvalue weighted by atomic mass is 35.5. The second-order valence-corrected chi connectivity index (χ2v) is 6.10. The lowest BCUT2D eigenvalue weighted by atomic mass is 9.86. The third-order valence-corrected chi connectivity index (χ3v) is 4.34. The maximum atomic E-state index is 10.6. The van der Waals surface area contributed by atoms with Gasteiger partial charge >= 0.3 is 0 Å². The first-order valence-electron chi connectivity index (χ1n) is 7.61. The first kappa shape index (κ1) is 15.8. The van der Waals surface area contributed by atoms with Gasteiger partial charge in [-0.05, 0) is 29.7 Å². The highest BCUT2D eigenvalue weighted by molar-refractivity contribution is 6.30. The van der Waals surface area contributed by atoms with Crippen LogP contribution < -0.4 is 0 Å². The minimum atomic E-state index is -0.629. The molecule has 0 aliphatic heterocycles. The van der Waals surface area contributed by atoms with Gasteiger partial charge in [-0.3, -0.25) is 0 Å². The predicted octanol–water partition coefficient (Wildman–Crippen LogP) is 4.33. The van der Waals surface area contributed by atoms with Gasteiger partial charge in [0.25, 0.3) is 0 Å². The van der Waals surface area contributed by atoms with Gasteiger partial charge in [0, 0.05) is 30.4 Å². The van der Waals surface area contributed by atoms with E-state index in [-0.39, 0.29) is 5.92 Å². The van der Waals surface area contributed by atoms with Crippen molar-refractivity contribution in [2.45, 2.75) is 18.4 Å². The van der Waals surface area contributed by atoms with Crippen molar-refractivity contribution in [3.63, 3.8) is 0 Å². The second kappa shape index (κ2) is 6.99. The van der Waals surface area contributed by atoms with Crippen LogP contribution in [0.4, 0.5) is 0 Å². The van der Waals surface area contributed by atoms with Crippen LogP contribution in [0.3, 0.4) is 0 Å². The van der Waals surface area contributed by atoms with Crippen molar-refractivity contribution in [1.82, 2.24) is 9.55 Å². The molecular weight excluding hydrogens is 308 g/mol. The largest absolute Gasteiger partial charge is 0.385 e. The number of aliphatic hydroxyl groups is 1. The number of hydrogen-bond donors (Lipinski definition) is 1. The number of imidazole rings is 1. The summed E-state index contributed by atoms with van der Waals surface area (Å²) in [6.45, 7) is 0. The Bertz CT molecular complexity index is 753. The summed E-state index contributed by atoms with van der Waals surface area (Å²) in [5, 5.41) is 11.3. The van der Waals surface area contributed by atoms with Gasteiger partial charge in [-0.25, -0.2) is 4.98 Å². The minimum absolute atomic E-state index is 0.0835. The normalized spacial score (nSPS) is 13.7. The molecule has 0 fully saturated rings. The zero-order valence-electron chi connectivity index (χ0n) is 12.9. The Kier molecular flexibility index (Phi) is 4.79. The number of aromatic nitrogens is 2. The van der Waals surface area contributed by atoms with Gasteiger partial charge < -0.3 is 9.67 Å². The van der Waals surface area contributed by atoms with Crippen molar-refractivity contribution in [1.29, 1.82) is 0 Å². The lowest BCUT2D eigenvalue weighted by Crippen LogP contribution is -2.11. The Hall–Kier alpha value is -2.10. The molecule has 3 rings (SSSR count). The quantitative estimate of drug-likeness (QED) is 0.758. The number of hydrogen-bond acceptors (Lipinski definition) is 2. The average Bonchev–Trinajstić information content (AvgIpc) is 3.00. The van der Waals surface area contributed by atoms with Crippen molar-refractivity contribution in [2.75, 3.05) is 0 Å². The molecule has 0 aliphatic rings. The fraction of sp³-hybridized carbons (Fsp3) is 0.211. The lowest BCUT2D eigenvalue weighted by Gasteiger charge is -2.21. The summed E-state index contributed by atoms with van der Waals surface area (Å²) < 4.78 is 1.86. The molecule has 0 amide bonds. The van der Waals surface area contributed by atoms with Gasteiger partial charge in [0.05, 0.1) is 0 Å². The topological polar surface area (TPSA) is 38.0 Å². The van der Waals surface area contributed by atoms with E-state index in [1.54, 1.807) is 6.20 Å². The van der Waals surface area contributed by atoms with Crippen LogP contribution in [0.25, 0.3) is 0 Å². The Morgan fingerprint density at radius 3 is 2.30 bits per heavy atom. The molecule has 1 heterocycles. The third kappa shape index (κ3) is 3.63. The van der Waals surface area contributed by atoms with Crippen LogP contribution >= 0.6 is 11.6 Å². The zero-order chi connectivity index (χ0) is 16.2. The minimum Gasteiger partial charge on any atom is -0.385 e. The summed E-state index contributed by atoms with van der Waals surface area (Å²) in [6.07, 6.45) is 3.49. The average molecular weight is 327 g/mol. The SMILES string of the molecule is Cn1ccnc1C(O)CC(c1ccccc1)c1ccc(Cl)cc1. The zero-order valence-corrected chi connectivity index (χ0v) is 13.7. The number of benzene rings is 2. The van der Waals surface area contributed by atoms with Crippen molar-refractivity contribution in [3.8, 4) is 0 Å². The first-order chi connectivity index (χ1) is 11.1. The Labute approximate surface area is 141 Å². The number of nitrogens with zero attached hydrogens (tertiary/aromatic N) is 2. The van der Waals surface area contributed by atoms with E-state index in [1.807, 2.05) is 60.3 Å². The van der Waals surface area contributed by atoms with E-state index < -0.39 is 6.10 Å².